The van der Waals surface area contributed by atoms with E-state index >= 15 is 0 Å². The van der Waals surface area contributed by atoms with Gasteiger partial charge in [-0.1, -0.05) is 50.6 Å². The summed E-state index contributed by atoms with van der Waals surface area (Å²) >= 11 is 0. The highest BCUT2D eigenvalue weighted by molar-refractivity contribution is 5.91. The first-order valence-electron chi connectivity index (χ1n) is 11.5. The fourth-order valence-corrected chi connectivity index (χ4v) is 4.17. The van der Waals surface area contributed by atoms with Gasteiger partial charge in [0.15, 0.2) is 5.76 Å². The predicted octanol–water partition coefficient (Wildman–Crippen LogP) is 5.54. The molecule has 0 fully saturated rings. The molecule has 4 aromatic rings. The van der Waals surface area contributed by atoms with Crippen LogP contribution in [0.15, 0.2) is 76.1 Å². The normalized spacial score (nSPS) is 12.1. The molecule has 0 N–H and O–H groups in total. The molecule has 6 nitrogen and oxygen atoms in total. The molecule has 4 rings (SSSR count). The van der Waals surface area contributed by atoms with Crippen LogP contribution < -0.4 is 5.56 Å². The number of fused-ring (bicyclic) bond motifs is 1. The van der Waals surface area contributed by atoms with Gasteiger partial charge in [0.25, 0.3) is 11.5 Å². The van der Waals surface area contributed by atoms with E-state index in [9.17, 15) is 9.59 Å². The maximum absolute atomic E-state index is 13.8. The second-order valence-electron chi connectivity index (χ2n) is 8.12. The molecular weight excluding hydrogens is 414 g/mol. The smallest absolute Gasteiger partial charge is 0.290 e. The van der Waals surface area contributed by atoms with Crippen molar-refractivity contribution in [3.63, 3.8) is 0 Å². The number of hydrogen-bond donors (Lipinski definition) is 0. The van der Waals surface area contributed by atoms with Gasteiger partial charge in [-0.2, -0.15) is 0 Å². The highest BCUT2D eigenvalue weighted by Gasteiger charge is 2.29. The molecule has 0 aliphatic rings. The Kier molecular flexibility index (Phi) is 6.73. The largest absolute Gasteiger partial charge is 0.459 e. The van der Waals surface area contributed by atoms with Crippen molar-refractivity contribution in [2.75, 3.05) is 6.54 Å². The molecule has 0 aliphatic heterocycles. The Balaban J connectivity index is 1.94. The molecule has 2 aromatic heterocycles. The summed E-state index contributed by atoms with van der Waals surface area (Å²) in [5.41, 5.74) is 2.33. The molecule has 2 aromatic carbocycles. The fraction of sp³-hybridized carbons (Fsp3) is 0.296. The topological polar surface area (TPSA) is 68.3 Å². The third kappa shape index (κ3) is 4.33. The van der Waals surface area contributed by atoms with E-state index in [-0.39, 0.29) is 17.2 Å². The quantitative estimate of drug-likeness (QED) is 0.358. The molecule has 0 bridgehead atoms. The zero-order valence-electron chi connectivity index (χ0n) is 19.3. The van der Waals surface area contributed by atoms with E-state index in [4.69, 9.17) is 9.40 Å². The molecule has 170 valence electrons. The Morgan fingerprint density at radius 3 is 2.55 bits per heavy atom. The van der Waals surface area contributed by atoms with Crippen molar-refractivity contribution >= 4 is 16.8 Å². The van der Waals surface area contributed by atoms with Gasteiger partial charge in [0.05, 0.1) is 28.9 Å². The zero-order valence-corrected chi connectivity index (χ0v) is 19.3. The first-order chi connectivity index (χ1) is 16.1. The summed E-state index contributed by atoms with van der Waals surface area (Å²) in [6, 6.07) is 18.1. The van der Waals surface area contributed by atoms with Crippen LogP contribution in [0.25, 0.3) is 16.6 Å². The number of carbonyl (C=O) groups is 1. The number of rotatable bonds is 8. The lowest BCUT2D eigenvalue weighted by Crippen LogP contribution is -2.38. The Morgan fingerprint density at radius 2 is 1.82 bits per heavy atom. The van der Waals surface area contributed by atoms with E-state index in [1.807, 2.05) is 49.4 Å². The monoisotopic (exact) mass is 443 g/mol. The Labute approximate surface area is 193 Å². The van der Waals surface area contributed by atoms with E-state index in [1.54, 1.807) is 27.7 Å². The Morgan fingerprint density at radius 1 is 1.06 bits per heavy atom. The molecule has 0 spiro atoms. The molecular formula is C27H29N3O3. The van der Waals surface area contributed by atoms with Gasteiger partial charge in [-0.3, -0.25) is 14.2 Å². The first kappa shape index (κ1) is 22.5. The van der Waals surface area contributed by atoms with Gasteiger partial charge in [-0.05, 0) is 55.7 Å². The fourth-order valence-electron chi connectivity index (χ4n) is 4.17. The predicted molar refractivity (Wildman–Crippen MR) is 130 cm³/mol. The minimum Gasteiger partial charge on any atom is -0.459 e. The number of amides is 1. The number of benzene rings is 2. The number of nitrogens with zero attached hydrogens (tertiary/aromatic N) is 3. The van der Waals surface area contributed by atoms with Crippen molar-refractivity contribution < 1.29 is 9.21 Å². The van der Waals surface area contributed by atoms with Gasteiger partial charge in [-0.15, -0.1) is 0 Å². The van der Waals surface area contributed by atoms with Crippen LogP contribution >= 0.6 is 0 Å². The van der Waals surface area contributed by atoms with Crippen LogP contribution in [0.5, 0.6) is 0 Å². The number of furan rings is 1. The van der Waals surface area contributed by atoms with Crippen LogP contribution in [-0.4, -0.2) is 26.9 Å². The lowest BCUT2D eigenvalue weighted by molar-refractivity contribution is 0.0645. The molecule has 2 heterocycles. The number of aromatic nitrogens is 2. The van der Waals surface area contributed by atoms with Crippen molar-refractivity contribution in [1.82, 2.24) is 14.5 Å². The summed E-state index contributed by atoms with van der Waals surface area (Å²) in [7, 11) is 0. The van der Waals surface area contributed by atoms with Crippen LogP contribution in [0.4, 0.5) is 0 Å². The van der Waals surface area contributed by atoms with Crippen molar-refractivity contribution in [3.05, 3.63) is 94.4 Å². The average molecular weight is 444 g/mol. The molecule has 33 heavy (non-hydrogen) atoms. The van der Waals surface area contributed by atoms with Gasteiger partial charge in [0, 0.05) is 6.54 Å². The van der Waals surface area contributed by atoms with Crippen LogP contribution in [0.3, 0.4) is 0 Å². The van der Waals surface area contributed by atoms with Gasteiger partial charge in [0.2, 0.25) is 0 Å². The molecule has 6 heteroatoms. The third-order valence-electron chi connectivity index (χ3n) is 6.00. The summed E-state index contributed by atoms with van der Waals surface area (Å²) in [5, 5.41) is 0.553. The number of unbranched alkanes of at least 4 members (excludes halogenated alkanes) is 1. The van der Waals surface area contributed by atoms with E-state index in [1.165, 1.54) is 6.26 Å². The summed E-state index contributed by atoms with van der Waals surface area (Å²) in [6.45, 7) is 6.62. The second kappa shape index (κ2) is 9.86. The lowest BCUT2D eigenvalue weighted by Gasteiger charge is -2.30. The Bertz CT molecular complexity index is 1310. The van der Waals surface area contributed by atoms with Gasteiger partial charge < -0.3 is 9.32 Å². The summed E-state index contributed by atoms with van der Waals surface area (Å²) in [5.74, 6) is 0.607. The SMILES string of the molecule is CCCCN(C(=O)c1ccco1)C(C)c1nc2ccccc2c(=O)n1-c1ccccc1CC. The van der Waals surface area contributed by atoms with Crippen LogP contribution in [0.1, 0.15) is 61.6 Å². The lowest BCUT2D eigenvalue weighted by atomic mass is 10.1. The molecule has 0 saturated carbocycles. The van der Waals surface area contributed by atoms with Gasteiger partial charge in [-0.25, -0.2) is 4.98 Å². The number of carbonyl (C=O) groups excluding carboxylic acids is 1. The van der Waals surface area contributed by atoms with E-state index in [0.717, 1.165) is 30.5 Å². The number of para-hydroxylation sites is 2. The second-order valence-corrected chi connectivity index (χ2v) is 8.12. The highest BCUT2D eigenvalue weighted by atomic mass is 16.3. The van der Waals surface area contributed by atoms with E-state index in [2.05, 4.69) is 13.8 Å². The van der Waals surface area contributed by atoms with E-state index < -0.39 is 6.04 Å². The standard InChI is InChI=1S/C27H29N3O3/c1-4-6-17-29(27(32)24-16-11-18-33-24)19(3)25-28-22-14-9-8-13-21(22)26(31)30(25)23-15-10-7-12-20(23)5-2/h7-16,18-19H,4-6,17H2,1-3H3. The zero-order chi connectivity index (χ0) is 23.4. The van der Waals surface area contributed by atoms with Crippen molar-refractivity contribution in [1.29, 1.82) is 0 Å². The third-order valence-corrected chi connectivity index (χ3v) is 6.00. The molecule has 1 amide bonds. The van der Waals surface area contributed by atoms with Crippen molar-refractivity contribution in [2.24, 2.45) is 0 Å². The Hall–Kier alpha value is -3.67. The van der Waals surface area contributed by atoms with Crippen LogP contribution in [-0.2, 0) is 6.42 Å². The molecule has 0 saturated heterocycles. The van der Waals surface area contributed by atoms with Crippen molar-refractivity contribution in [3.8, 4) is 5.69 Å². The summed E-state index contributed by atoms with van der Waals surface area (Å²) in [4.78, 5) is 33.8. The minimum atomic E-state index is -0.448. The van der Waals surface area contributed by atoms with E-state index in [0.29, 0.717) is 23.3 Å². The average Bonchev–Trinajstić information content (AvgIpc) is 3.39. The number of hydrogen-bond acceptors (Lipinski definition) is 4. The molecule has 0 radical (unpaired) electrons. The van der Waals surface area contributed by atoms with Gasteiger partial charge >= 0.3 is 0 Å². The number of aryl methyl sites for hydroxylation is 1. The summed E-state index contributed by atoms with van der Waals surface area (Å²) in [6.07, 6.45) is 4.04. The molecule has 1 atom stereocenters. The molecule has 1 unspecified atom stereocenters. The maximum atomic E-state index is 13.8. The highest BCUT2D eigenvalue weighted by Crippen LogP contribution is 2.26. The first-order valence-corrected chi connectivity index (χ1v) is 11.5. The summed E-state index contributed by atoms with van der Waals surface area (Å²) < 4.78 is 7.09. The van der Waals surface area contributed by atoms with Crippen LogP contribution in [0.2, 0.25) is 0 Å². The molecule has 0 aliphatic carbocycles. The van der Waals surface area contributed by atoms with Gasteiger partial charge in [0.1, 0.15) is 5.82 Å². The van der Waals surface area contributed by atoms with Crippen LogP contribution in [0, 0.1) is 0 Å². The maximum Gasteiger partial charge on any atom is 0.290 e. The minimum absolute atomic E-state index is 0.135. The van der Waals surface area contributed by atoms with Crippen molar-refractivity contribution in [2.45, 2.75) is 46.1 Å².